The number of carbonyl (C=O) groups is 2. The van der Waals surface area contributed by atoms with Crippen molar-refractivity contribution < 1.29 is 32.2 Å². The molecule has 2 saturated heterocycles. The van der Waals surface area contributed by atoms with Crippen molar-refractivity contribution in [1.29, 1.82) is 0 Å². The zero-order valence-corrected chi connectivity index (χ0v) is 24.7. The monoisotopic (exact) mass is 639 g/mol. The van der Waals surface area contributed by atoms with Gasteiger partial charge in [0.2, 0.25) is 5.91 Å². The van der Waals surface area contributed by atoms with E-state index in [9.17, 15) is 22.8 Å². The second-order valence-electron chi connectivity index (χ2n) is 10.3. The van der Waals surface area contributed by atoms with Crippen LogP contribution in [0.2, 0.25) is 0 Å². The minimum atomic E-state index is -4.57. The Morgan fingerprint density at radius 3 is 2.40 bits per heavy atom. The molecule has 0 bridgehead atoms. The van der Waals surface area contributed by atoms with Crippen LogP contribution in [0.25, 0.3) is 10.4 Å². The summed E-state index contributed by atoms with van der Waals surface area (Å²) in [5.41, 5.74) is 0.727. The first-order valence-corrected chi connectivity index (χ1v) is 15.0. The van der Waals surface area contributed by atoms with Crippen LogP contribution in [0.3, 0.4) is 0 Å². The Balaban J connectivity index is 1.07. The number of ether oxygens (including phenoxy) is 2. The molecule has 0 spiro atoms. The number of nitrogens with one attached hydrogen (secondary N) is 2. The maximum absolute atomic E-state index is 13.4. The number of amides is 3. The van der Waals surface area contributed by atoms with E-state index < -0.39 is 17.8 Å². The summed E-state index contributed by atoms with van der Waals surface area (Å²) in [6, 6.07) is 9.76. The number of nitrogens with zero attached hydrogens (tertiary/aromatic N) is 5. The summed E-state index contributed by atoms with van der Waals surface area (Å²) in [7, 11) is 0. The number of carbonyl (C=O) groups excluding carboxylic acids is 2. The highest BCUT2D eigenvalue weighted by Gasteiger charge is 2.32. The molecule has 2 aromatic carbocycles. The molecule has 2 aliphatic rings. The fourth-order valence-electron chi connectivity index (χ4n) is 4.93. The van der Waals surface area contributed by atoms with E-state index in [4.69, 9.17) is 9.47 Å². The molecule has 2 fully saturated rings. The fourth-order valence-corrected chi connectivity index (χ4v) is 5.90. The minimum Gasteiger partial charge on any atom is -0.424 e. The molecule has 0 saturated carbocycles. The molecule has 6 rings (SSSR count). The van der Waals surface area contributed by atoms with E-state index in [-0.39, 0.29) is 23.3 Å². The lowest BCUT2D eigenvalue weighted by Crippen LogP contribution is -2.37. The maximum Gasteiger partial charge on any atom is 0.416 e. The molecule has 4 heterocycles. The summed E-state index contributed by atoms with van der Waals surface area (Å²) in [6.07, 6.45) is 2.25. The molecule has 15 heteroatoms. The van der Waals surface area contributed by atoms with Crippen molar-refractivity contribution in [2.75, 3.05) is 53.3 Å². The first kappa shape index (κ1) is 30.3. The summed E-state index contributed by atoms with van der Waals surface area (Å²) in [6.45, 7) is 2.50. The van der Waals surface area contributed by atoms with Gasteiger partial charge in [-0.3, -0.25) is 9.69 Å². The van der Waals surface area contributed by atoms with Gasteiger partial charge in [0.15, 0.2) is 5.13 Å². The van der Waals surface area contributed by atoms with Crippen molar-refractivity contribution in [3.05, 3.63) is 66.6 Å². The smallest absolute Gasteiger partial charge is 0.416 e. The molecule has 45 heavy (non-hydrogen) atoms. The number of benzene rings is 2. The molecule has 2 aromatic heterocycles. The molecule has 234 valence electrons. The lowest BCUT2D eigenvalue weighted by atomic mass is 10.1. The molecule has 0 aliphatic carbocycles. The van der Waals surface area contributed by atoms with Gasteiger partial charge in [-0.2, -0.15) is 13.2 Å². The van der Waals surface area contributed by atoms with E-state index in [1.807, 2.05) is 17.0 Å². The lowest BCUT2D eigenvalue weighted by molar-refractivity contribution is -0.137. The number of thiazole rings is 1. The van der Waals surface area contributed by atoms with Gasteiger partial charge in [-0.15, -0.1) is 0 Å². The van der Waals surface area contributed by atoms with Gasteiger partial charge in [-0.1, -0.05) is 11.3 Å². The van der Waals surface area contributed by atoms with Gasteiger partial charge >= 0.3 is 18.2 Å². The Morgan fingerprint density at radius 1 is 0.933 bits per heavy atom. The van der Waals surface area contributed by atoms with E-state index >= 15 is 0 Å². The number of aromatic nitrogens is 3. The quantitative estimate of drug-likeness (QED) is 0.238. The average Bonchev–Trinajstić information content (AvgIpc) is 3.53. The molecule has 11 nitrogen and oxygen atoms in total. The number of urea groups is 1. The number of anilines is 4. The largest absolute Gasteiger partial charge is 0.424 e. The molecule has 4 aromatic rings. The predicted molar refractivity (Wildman–Crippen MR) is 163 cm³/mol. The van der Waals surface area contributed by atoms with Crippen LogP contribution >= 0.6 is 11.3 Å². The zero-order chi connectivity index (χ0) is 31.4. The number of rotatable bonds is 7. The van der Waals surface area contributed by atoms with Gasteiger partial charge in [-0.05, 0) is 60.9 Å². The Bertz CT molecular complexity index is 1660. The molecule has 0 atom stereocenters. The highest BCUT2D eigenvalue weighted by Crippen LogP contribution is 2.36. The third-order valence-corrected chi connectivity index (χ3v) is 8.28. The minimum absolute atomic E-state index is 0.0167. The lowest BCUT2D eigenvalue weighted by Gasteiger charge is -2.31. The zero-order valence-electron chi connectivity index (χ0n) is 23.8. The molecule has 2 aliphatic heterocycles. The van der Waals surface area contributed by atoms with Gasteiger partial charge in [0.25, 0.3) is 0 Å². The Labute approximate surface area is 260 Å². The molecular formula is C30H28F3N7O4S. The molecule has 0 unspecified atom stereocenters. The van der Waals surface area contributed by atoms with Crippen LogP contribution in [0.4, 0.5) is 40.2 Å². The van der Waals surface area contributed by atoms with E-state index in [1.165, 1.54) is 29.8 Å². The van der Waals surface area contributed by atoms with Crippen LogP contribution in [0.5, 0.6) is 11.8 Å². The standard InChI is InChI=1S/C30H28F3N7O4S/c31-30(32,33)20-6-9-24(39-11-13-43-14-12-39)23(15-20)38-27(42)37-21-16-34-28(35-17-21)44-22-7-4-19(5-8-22)25-18-36-29(45-25)40-10-2-1-3-26(40)41/h4-9,15-18H,1-3,10-14H2,(H2,37,38,42). The van der Waals surface area contributed by atoms with Crippen LogP contribution in [0, 0.1) is 0 Å². The van der Waals surface area contributed by atoms with Crippen molar-refractivity contribution in [2.24, 2.45) is 0 Å². The topological polar surface area (TPSA) is 122 Å². The third-order valence-electron chi connectivity index (χ3n) is 7.21. The van der Waals surface area contributed by atoms with Crippen LogP contribution in [-0.4, -0.2) is 59.7 Å². The SMILES string of the molecule is O=C(Nc1cnc(Oc2ccc(-c3cnc(N4CCCCC4=O)s3)cc2)nc1)Nc1cc(C(F)(F)F)ccc1N1CCOCC1. The summed E-state index contributed by atoms with van der Waals surface area (Å²) < 4.78 is 51.2. The number of piperidine rings is 1. The first-order chi connectivity index (χ1) is 21.7. The Morgan fingerprint density at radius 2 is 1.69 bits per heavy atom. The predicted octanol–water partition coefficient (Wildman–Crippen LogP) is 6.41. The fraction of sp³-hybridized carbons (Fsp3) is 0.300. The van der Waals surface area contributed by atoms with Gasteiger partial charge in [0.05, 0.1) is 53.1 Å². The molecule has 3 amide bonds. The van der Waals surface area contributed by atoms with Crippen LogP contribution in [-0.2, 0) is 15.7 Å². The third kappa shape index (κ3) is 7.32. The van der Waals surface area contributed by atoms with Crippen LogP contribution in [0.15, 0.2) is 61.1 Å². The van der Waals surface area contributed by atoms with E-state index in [0.29, 0.717) is 55.8 Å². The number of morpholine rings is 1. The molecule has 0 radical (unpaired) electrons. The summed E-state index contributed by atoms with van der Waals surface area (Å²) in [5, 5.41) is 5.75. The van der Waals surface area contributed by atoms with Gasteiger partial charge in [0.1, 0.15) is 5.75 Å². The summed E-state index contributed by atoms with van der Waals surface area (Å²) >= 11 is 1.45. The summed E-state index contributed by atoms with van der Waals surface area (Å²) in [4.78, 5) is 42.2. The second kappa shape index (κ2) is 13.1. The van der Waals surface area contributed by atoms with E-state index in [1.54, 1.807) is 23.2 Å². The van der Waals surface area contributed by atoms with Gasteiger partial charge in [-0.25, -0.2) is 19.7 Å². The van der Waals surface area contributed by atoms with Crippen LogP contribution in [0.1, 0.15) is 24.8 Å². The van der Waals surface area contributed by atoms with Crippen molar-refractivity contribution >= 4 is 45.5 Å². The highest BCUT2D eigenvalue weighted by atomic mass is 32.1. The highest BCUT2D eigenvalue weighted by molar-refractivity contribution is 7.19. The van der Waals surface area contributed by atoms with E-state index in [2.05, 4.69) is 25.6 Å². The first-order valence-electron chi connectivity index (χ1n) is 14.2. The van der Waals surface area contributed by atoms with Gasteiger partial charge < -0.3 is 25.0 Å². The molecular weight excluding hydrogens is 611 g/mol. The van der Waals surface area contributed by atoms with Crippen molar-refractivity contribution in [3.63, 3.8) is 0 Å². The number of hydrogen-bond donors (Lipinski definition) is 2. The summed E-state index contributed by atoms with van der Waals surface area (Å²) in [5.74, 6) is 0.578. The normalized spacial score (nSPS) is 15.6. The van der Waals surface area contributed by atoms with Crippen molar-refractivity contribution in [2.45, 2.75) is 25.4 Å². The second-order valence-corrected chi connectivity index (χ2v) is 11.3. The van der Waals surface area contributed by atoms with E-state index in [0.717, 1.165) is 35.4 Å². The van der Waals surface area contributed by atoms with Crippen molar-refractivity contribution in [1.82, 2.24) is 15.0 Å². The van der Waals surface area contributed by atoms with Gasteiger partial charge in [0, 0.05) is 32.3 Å². The Kier molecular flexibility index (Phi) is 8.80. The van der Waals surface area contributed by atoms with Crippen LogP contribution < -0.4 is 25.2 Å². The van der Waals surface area contributed by atoms with Crippen molar-refractivity contribution in [3.8, 4) is 22.2 Å². The number of hydrogen-bond acceptors (Lipinski definition) is 9. The molecule has 2 N–H and O–H groups in total. The Hall–Kier alpha value is -4.76. The maximum atomic E-state index is 13.4. The number of alkyl halides is 3. The average molecular weight is 640 g/mol. The number of halogens is 3.